The molecule has 3 aliphatic rings. The molecule has 0 bridgehead atoms. The lowest BCUT2D eigenvalue weighted by Crippen LogP contribution is -2.43. The van der Waals surface area contributed by atoms with Crippen LogP contribution in [0.4, 0.5) is 17.1 Å². The van der Waals surface area contributed by atoms with Gasteiger partial charge in [-0.2, -0.15) is 0 Å². The Hall–Kier alpha value is -8.00. The molecule has 13 rings (SSSR count). The molecule has 10 aromatic carbocycles. The molecule has 0 aromatic heterocycles. The molecular formula is C62H41N. The van der Waals surface area contributed by atoms with Crippen LogP contribution in [0.1, 0.15) is 44.5 Å². The first-order valence-corrected chi connectivity index (χ1v) is 22.0. The molecule has 294 valence electrons. The first-order chi connectivity index (χ1) is 31.3. The highest BCUT2D eigenvalue weighted by atomic mass is 15.1. The summed E-state index contributed by atoms with van der Waals surface area (Å²) >= 11 is 0. The molecule has 0 saturated carbocycles. The molecule has 0 radical (unpaired) electrons. The van der Waals surface area contributed by atoms with Crippen LogP contribution in [0.25, 0.3) is 44.5 Å². The van der Waals surface area contributed by atoms with Crippen molar-refractivity contribution in [3.05, 3.63) is 293 Å². The summed E-state index contributed by atoms with van der Waals surface area (Å²) in [5, 5.41) is 0. The van der Waals surface area contributed by atoms with Crippen LogP contribution in [0, 0.1) is 0 Å². The highest BCUT2D eigenvalue weighted by molar-refractivity contribution is 5.95. The number of hydrogen-bond donors (Lipinski definition) is 0. The predicted octanol–water partition coefficient (Wildman–Crippen LogP) is 15.5. The minimum absolute atomic E-state index is 0.541. The van der Waals surface area contributed by atoms with Crippen LogP contribution < -0.4 is 4.90 Å². The van der Waals surface area contributed by atoms with Crippen molar-refractivity contribution in [2.75, 3.05) is 4.90 Å². The molecule has 10 aromatic rings. The van der Waals surface area contributed by atoms with E-state index in [9.17, 15) is 0 Å². The number of nitrogens with zero attached hydrogens (tertiary/aromatic N) is 1. The van der Waals surface area contributed by atoms with Crippen molar-refractivity contribution < 1.29 is 0 Å². The highest BCUT2D eigenvalue weighted by Crippen LogP contribution is 2.67. The summed E-state index contributed by atoms with van der Waals surface area (Å²) in [5.41, 5.74) is 22.8. The Morgan fingerprint density at radius 3 is 1.00 bits per heavy atom. The second kappa shape index (κ2) is 13.8. The minimum Gasteiger partial charge on any atom is -0.310 e. The summed E-state index contributed by atoms with van der Waals surface area (Å²) in [6, 6.07) is 92.9. The second-order valence-corrected chi connectivity index (χ2v) is 17.1. The maximum atomic E-state index is 2.56. The molecule has 0 fully saturated rings. The quantitative estimate of drug-likeness (QED) is 0.168. The molecule has 0 amide bonds. The zero-order chi connectivity index (χ0) is 41.5. The van der Waals surface area contributed by atoms with Crippen LogP contribution in [0.2, 0.25) is 0 Å². The third-order valence-electron chi connectivity index (χ3n) is 14.1. The molecule has 1 heteroatoms. The number of benzene rings is 10. The summed E-state index contributed by atoms with van der Waals surface area (Å²) in [6.45, 7) is 0. The highest BCUT2D eigenvalue weighted by Gasteiger charge is 2.59. The monoisotopic (exact) mass is 799 g/mol. The van der Waals surface area contributed by atoms with Gasteiger partial charge in [0, 0.05) is 17.1 Å². The van der Waals surface area contributed by atoms with Gasteiger partial charge in [0.1, 0.15) is 0 Å². The summed E-state index contributed by atoms with van der Waals surface area (Å²) in [7, 11) is 0. The van der Waals surface area contributed by atoms with Gasteiger partial charge in [0.05, 0.1) is 10.8 Å². The van der Waals surface area contributed by atoms with E-state index in [4.69, 9.17) is 0 Å². The summed E-state index contributed by atoms with van der Waals surface area (Å²) in [5.74, 6) is 0. The van der Waals surface area contributed by atoms with E-state index in [1.165, 1.54) is 89.0 Å². The Kier molecular flexibility index (Phi) is 7.80. The average molecular weight is 800 g/mol. The van der Waals surface area contributed by atoms with E-state index >= 15 is 0 Å². The zero-order valence-electron chi connectivity index (χ0n) is 34.6. The topological polar surface area (TPSA) is 3.24 Å². The van der Waals surface area contributed by atoms with Gasteiger partial charge in [-0.25, -0.2) is 0 Å². The van der Waals surface area contributed by atoms with E-state index in [0.29, 0.717) is 0 Å². The minimum atomic E-state index is -0.587. The van der Waals surface area contributed by atoms with Crippen molar-refractivity contribution in [3.63, 3.8) is 0 Å². The fourth-order valence-corrected chi connectivity index (χ4v) is 11.7. The Bertz CT molecular complexity index is 3250. The molecule has 0 unspecified atom stereocenters. The fourth-order valence-electron chi connectivity index (χ4n) is 11.7. The number of para-hydroxylation sites is 1. The van der Waals surface area contributed by atoms with E-state index in [-0.39, 0.29) is 0 Å². The van der Waals surface area contributed by atoms with Gasteiger partial charge in [-0.15, -0.1) is 0 Å². The van der Waals surface area contributed by atoms with Gasteiger partial charge in [-0.1, -0.05) is 206 Å². The Morgan fingerprint density at radius 1 is 0.206 bits per heavy atom. The molecule has 63 heavy (non-hydrogen) atoms. The normalized spacial score (nSPS) is 14.0. The Labute approximate surface area is 368 Å². The molecule has 0 aliphatic heterocycles. The van der Waals surface area contributed by atoms with E-state index in [1.807, 2.05) is 0 Å². The van der Waals surface area contributed by atoms with E-state index in [1.54, 1.807) is 0 Å². The summed E-state index contributed by atoms with van der Waals surface area (Å²) < 4.78 is 0. The van der Waals surface area contributed by atoms with Crippen LogP contribution in [0.15, 0.2) is 249 Å². The lowest BCUT2D eigenvalue weighted by Gasteiger charge is -2.49. The van der Waals surface area contributed by atoms with Gasteiger partial charge in [0.25, 0.3) is 0 Å². The van der Waals surface area contributed by atoms with Crippen molar-refractivity contribution in [1.29, 1.82) is 0 Å². The van der Waals surface area contributed by atoms with Crippen molar-refractivity contribution in [2.24, 2.45) is 0 Å². The standard InChI is InChI=1S/C62H41N/c1-4-20-42(21-5-1)44-38-45(43-22-6-2-7-23-43)40-48(39-44)63(46-24-8-3-9-25-46)47-36-37-59-60(41-47)62(55-32-16-12-28-51(55)52-29-13-17-33-56(52)62)58-35-19-18-34-57(58)61(59)53-30-14-10-26-49(53)50-27-11-15-31-54(50)61/h1-41H. The molecule has 1 nitrogen and oxygen atoms in total. The lowest BCUT2D eigenvalue weighted by molar-refractivity contribution is 0.633. The largest absolute Gasteiger partial charge is 0.310 e. The lowest BCUT2D eigenvalue weighted by atomic mass is 9.52. The van der Waals surface area contributed by atoms with Gasteiger partial charge in [-0.3, -0.25) is 0 Å². The molecule has 3 aliphatic carbocycles. The zero-order valence-corrected chi connectivity index (χ0v) is 34.6. The maximum absolute atomic E-state index is 2.56. The van der Waals surface area contributed by atoms with Gasteiger partial charge in [0.2, 0.25) is 0 Å². The molecular weight excluding hydrogens is 759 g/mol. The van der Waals surface area contributed by atoms with Crippen LogP contribution >= 0.6 is 0 Å². The summed E-state index contributed by atoms with van der Waals surface area (Å²) in [4.78, 5) is 2.48. The number of fused-ring (bicyclic) bond motifs is 16. The third kappa shape index (κ3) is 4.94. The fraction of sp³-hybridized carbons (Fsp3) is 0.0323. The number of rotatable bonds is 5. The van der Waals surface area contributed by atoms with Crippen LogP contribution in [-0.2, 0) is 10.8 Å². The molecule has 0 atom stereocenters. The molecule has 0 heterocycles. The third-order valence-corrected chi connectivity index (χ3v) is 14.1. The Balaban J connectivity index is 1.16. The van der Waals surface area contributed by atoms with E-state index in [0.717, 1.165) is 17.1 Å². The summed E-state index contributed by atoms with van der Waals surface area (Å²) in [6.07, 6.45) is 0. The van der Waals surface area contributed by atoms with Gasteiger partial charge >= 0.3 is 0 Å². The van der Waals surface area contributed by atoms with Gasteiger partial charge < -0.3 is 4.90 Å². The number of hydrogen-bond acceptors (Lipinski definition) is 1. The van der Waals surface area contributed by atoms with Gasteiger partial charge in [0.15, 0.2) is 0 Å². The first-order valence-electron chi connectivity index (χ1n) is 22.0. The molecule has 0 N–H and O–H groups in total. The van der Waals surface area contributed by atoms with Crippen molar-refractivity contribution in [3.8, 4) is 44.5 Å². The van der Waals surface area contributed by atoms with Gasteiger partial charge in [-0.05, 0) is 131 Å². The Morgan fingerprint density at radius 2 is 0.556 bits per heavy atom. The maximum Gasteiger partial charge on any atom is 0.0720 e. The van der Waals surface area contributed by atoms with Crippen LogP contribution in [0.3, 0.4) is 0 Å². The average Bonchev–Trinajstić information content (AvgIpc) is 3.83. The smallest absolute Gasteiger partial charge is 0.0720 e. The van der Waals surface area contributed by atoms with Crippen molar-refractivity contribution in [2.45, 2.75) is 10.8 Å². The van der Waals surface area contributed by atoms with E-state index < -0.39 is 10.8 Å². The van der Waals surface area contributed by atoms with Crippen molar-refractivity contribution in [1.82, 2.24) is 0 Å². The van der Waals surface area contributed by atoms with E-state index in [2.05, 4.69) is 254 Å². The first kappa shape index (κ1) is 35.7. The predicted molar refractivity (Wildman–Crippen MR) is 260 cm³/mol. The van der Waals surface area contributed by atoms with Crippen LogP contribution in [-0.4, -0.2) is 0 Å². The van der Waals surface area contributed by atoms with Crippen LogP contribution in [0.5, 0.6) is 0 Å². The SMILES string of the molecule is c1ccc(-c2cc(-c3ccccc3)cc(N(c3ccccc3)c3ccc4c(c3)C3(c5ccccc5-c5ccccc53)c3ccccc3C43c4ccccc4-c4ccccc43)c2)cc1. The molecule has 0 saturated heterocycles. The second-order valence-electron chi connectivity index (χ2n) is 17.1. The number of anilines is 3. The van der Waals surface area contributed by atoms with Crippen molar-refractivity contribution >= 4 is 17.1 Å². The molecule has 2 spiro atoms.